The molecule has 0 fully saturated rings. The molecule has 2 aliphatic rings. The van der Waals surface area contributed by atoms with Crippen LogP contribution in [-0.2, 0) is 28.9 Å². The predicted molar refractivity (Wildman–Crippen MR) is 232 cm³/mol. The minimum Gasteiger partial charge on any atom is -0.469 e. The minimum absolute atomic E-state index is 0.146. The summed E-state index contributed by atoms with van der Waals surface area (Å²) in [4.78, 5) is 16.2. The average Bonchev–Trinajstić information content (AvgIpc) is 3.61. The van der Waals surface area contributed by atoms with Crippen molar-refractivity contribution in [3.8, 4) is 11.1 Å². The number of anilines is 2. The van der Waals surface area contributed by atoms with Gasteiger partial charge in [0, 0.05) is 31.4 Å². The Morgan fingerprint density at radius 2 is 1.20 bits per heavy atom. The summed E-state index contributed by atoms with van der Waals surface area (Å²) >= 11 is 0. The Bertz CT molecular complexity index is 2490. The van der Waals surface area contributed by atoms with Crippen molar-refractivity contribution in [2.24, 2.45) is 5.41 Å². The van der Waals surface area contributed by atoms with E-state index in [1.165, 1.54) is 84.3 Å². The lowest BCUT2D eigenvalue weighted by atomic mass is 9.58. The van der Waals surface area contributed by atoms with E-state index in [9.17, 15) is 4.79 Å². The molecule has 0 N–H and O–H groups in total. The van der Waals surface area contributed by atoms with E-state index in [1.54, 1.807) is 0 Å². The van der Waals surface area contributed by atoms with Crippen LogP contribution in [0.15, 0.2) is 158 Å². The first-order valence-electron chi connectivity index (χ1n) is 19.2. The summed E-state index contributed by atoms with van der Waals surface area (Å²) in [5.41, 5.74) is 11.9. The molecule has 0 bridgehead atoms. The summed E-state index contributed by atoms with van der Waals surface area (Å²) in [6, 6.07) is 57.6. The van der Waals surface area contributed by atoms with Crippen LogP contribution in [0.5, 0.6) is 0 Å². The first-order valence-corrected chi connectivity index (χ1v) is 20.5. The van der Waals surface area contributed by atoms with E-state index in [0.29, 0.717) is 19.4 Å². The number of fused-ring (bicyclic) bond motifs is 1. The third-order valence-corrected chi connectivity index (χ3v) is 14.2. The van der Waals surface area contributed by atoms with E-state index in [1.807, 2.05) is 0 Å². The SMILES string of the molecule is COC(=O)C1(C)Cc2c(C)c(B3N(Cc4ccccc4)c4cccc5cccc(c45)N3P(c3ccccc3)c3ccccc3)c(-c3ccccc3)c(C)c2C1. The van der Waals surface area contributed by atoms with Gasteiger partial charge in [0.25, 0.3) is 0 Å². The van der Waals surface area contributed by atoms with Crippen molar-refractivity contribution < 1.29 is 9.53 Å². The van der Waals surface area contributed by atoms with Crippen LogP contribution in [0.1, 0.15) is 34.7 Å². The average molecular weight is 735 g/mol. The van der Waals surface area contributed by atoms with E-state index in [2.05, 4.69) is 188 Å². The molecule has 7 aromatic carbocycles. The number of methoxy groups -OCH3 is 1. The number of ether oxygens (including phenoxy) is 1. The Hall–Kier alpha value is -5.64. The molecule has 1 aliphatic carbocycles. The zero-order valence-electron chi connectivity index (χ0n) is 31.9. The zero-order valence-corrected chi connectivity index (χ0v) is 32.8. The first kappa shape index (κ1) is 35.1. The van der Waals surface area contributed by atoms with Crippen molar-refractivity contribution in [3.63, 3.8) is 0 Å². The van der Waals surface area contributed by atoms with Crippen molar-refractivity contribution in [3.05, 3.63) is 186 Å². The molecule has 0 aromatic heterocycles. The quantitative estimate of drug-likeness (QED) is 0.0885. The lowest BCUT2D eigenvalue weighted by Crippen LogP contribution is -2.63. The second-order valence-corrected chi connectivity index (χ2v) is 17.3. The molecule has 0 saturated carbocycles. The minimum atomic E-state index is -1.11. The number of benzene rings is 7. The summed E-state index contributed by atoms with van der Waals surface area (Å²) in [7, 11) is 0.413. The molecule has 7 aromatic rings. The van der Waals surface area contributed by atoms with Gasteiger partial charge in [-0.3, -0.25) is 4.79 Å². The Morgan fingerprint density at radius 1 is 0.673 bits per heavy atom. The molecule has 55 heavy (non-hydrogen) atoms. The molecular weight excluding hydrogens is 690 g/mol. The number of nitrogens with zero attached hydrogens (tertiary/aromatic N) is 2. The van der Waals surface area contributed by atoms with Gasteiger partial charge in [0.2, 0.25) is 0 Å². The Balaban J connectivity index is 1.42. The van der Waals surface area contributed by atoms with Crippen LogP contribution in [0.3, 0.4) is 0 Å². The Labute approximate surface area is 326 Å². The van der Waals surface area contributed by atoms with Crippen molar-refractivity contribution in [2.75, 3.05) is 16.5 Å². The highest BCUT2D eigenvalue weighted by atomic mass is 31.1. The molecule has 1 aliphatic heterocycles. The normalized spacial score (nSPS) is 16.1. The van der Waals surface area contributed by atoms with Crippen LogP contribution in [0.25, 0.3) is 21.9 Å². The maximum Gasteiger partial charge on any atom is 0.416 e. The van der Waals surface area contributed by atoms with E-state index in [-0.39, 0.29) is 13.0 Å². The number of esters is 1. The highest BCUT2D eigenvalue weighted by molar-refractivity contribution is 7.76. The van der Waals surface area contributed by atoms with Crippen molar-refractivity contribution >= 4 is 59.2 Å². The Morgan fingerprint density at radius 3 is 1.78 bits per heavy atom. The fourth-order valence-corrected chi connectivity index (χ4v) is 11.8. The van der Waals surface area contributed by atoms with Crippen molar-refractivity contribution in [2.45, 2.75) is 40.2 Å². The summed E-state index contributed by atoms with van der Waals surface area (Å²) in [5, 5.41) is 5.08. The monoisotopic (exact) mass is 734 g/mol. The zero-order chi connectivity index (χ0) is 37.7. The van der Waals surface area contributed by atoms with Gasteiger partial charge in [-0.25, -0.2) is 0 Å². The van der Waals surface area contributed by atoms with Crippen LogP contribution in [0.4, 0.5) is 11.4 Å². The van der Waals surface area contributed by atoms with Gasteiger partial charge in [-0.1, -0.05) is 146 Å². The smallest absolute Gasteiger partial charge is 0.416 e. The van der Waals surface area contributed by atoms with Crippen molar-refractivity contribution in [1.29, 1.82) is 0 Å². The summed E-state index contributed by atoms with van der Waals surface area (Å²) in [6.07, 6.45) is 1.31. The molecule has 9 rings (SSSR count). The number of rotatable bonds is 8. The molecule has 0 spiro atoms. The van der Waals surface area contributed by atoms with E-state index in [4.69, 9.17) is 4.74 Å². The van der Waals surface area contributed by atoms with Gasteiger partial charge in [-0.2, -0.15) is 0 Å². The molecule has 6 heteroatoms. The fourth-order valence-electron chi connectivity index (χ4n) is 9.28. The van der Waals surface area contributed by atoms with Crippen LogP contribution in [0.2, 0.25) is 0 Å². The second kappa shape index (κ2) is 14.2. The summed E-state index contributed by atoms with van der Waals surface area (Å²) in [6.45, 7) is 7.18. The van der Waals surface area contributed by atoms with Crippen LogP contribution in [-0.4, -0.2) is 20.1 Å². The predicted octanol–water partition coefficient (Wildman–Crippen LogP) is 9.67. The molecule has 0 saturated heterocycles. The van der Waals surface area contributed by atoms with Gasteiger partial charge in [0.15, 0.2) is 0 Å². The molecule has 0 radical (unpaired) electrons. The van der Waals surface area contributed by atoms with Gasteiger partial charge in [-0.05, 0) is 106 Å². The highest BCUT2D eigenvalue weighted by Crippen LogP contribution is 2.53. The third kappa shape index (κ3) is 5.93. The van der Waals surface area contributed by atoms with Crippen LogP contribution in [0, 0.1) is 19.3 Å². The summed E-state index contributed by atoms with van der Waals surface area (Å²) in [5.74, 6) is -0.146. The molecule has 1 unspecified atom stereocenters. The standard InChI is InChI=1S/C49H44BN2O2P/c1-34-41-31-49(3,48(53)54-4)32-42(41)35(2)47(45(34)37-21-11-6-12-22-37)50-51(33-36-19-9-5-10-20-36)43-29-17-23-38-24-18-30-44(46(38)43)52(50)55(39-25-13-7-14-26-39)40-27-15-8-16-28-40/h5-30H,31-33H2,1-4H3. The molecule has 4 nitrogen and oxygen atoms in total. The topological polar surface area (TPSA) is 32.8 Å². The lowest BCUT2D eigenvalue weighted by molar-refractivity contribution is -0.151. The third-order valence-electron chi connectivity index (χ3n) is 11.8. The molecule has 0 amide bonds. The second-order valence-electron chi connectivity index (χ2n) is 15.2. The van der Waals surface area contributed by atoms with Gasteiger partial charge in [0.05, 0.1) is 12.5 Å². The lowest BCUT2D eigenvalue weighted by Gasteiger charge is -2.49. The number of carbonyl (C=O) groups excluding carboxylic acids is 1. The van der Waals surface area contributed by atoms with Gasteiger partial charge in [0.1, 0.15) is 0 Å². The highest BCUT2D eigenvalue weighted by Gasteiger charge is 2.49. The molecule has 270 valence electrons. The molecule has 1 atom stereocenters. The molecular formula is C49H44BN2O2P. The maximum atomic E-state index is 13.5. The van der Waals surface area contributed by atoms with Gasteiger partial charge in [-0.15, -0.1) is 0 Å². The number of hydrogen-bond donors (Lipinski definition) is 0. The summed E-state index contributed by atoms with van der Waals surface area (Å²) < 4.78 is 8.23. The van der Waals surface area contributed by atoms with Gasteiger partial charge < -0.3 is 14.1 Å². The Kier molecular flexibility index (Phi) is 9.07. The van der Waals surface area contributed by atoms with E-state index < -0.39 is 13.5 Å². The number of hydrogen-bond acceptors (Lipinski definition) is 4. The van der Waals surface area contributed by atoms with Crippen LogP contribution < -0.4 is 25.5 Å². The maximum absolute atomic E-state index is 13.5. The van der Waals surface area contributed by atoms with Crippen molar-refractivity contribution in [1.82, 2.24) is 0 Å². The molecule has 1 heterocycles. The largest absolute Gasteiger partial charge is 0.469 e. The van der Waals surface area contributed by atoms with Gasteiger partial charge >= 0.3 is 13.0 Å². The number of carbonyl (C=O) groups is 1. The fraction of sp³-hybridized carbons (Fsp3) is 0.163. The first-order chi connectivity index (χ1) is 26.9. The van der Waals surface area contributed by atoms with E-state index in [0.717, 1.165) is 0 Å². The van der Waals surface area contributed by atoms with E-state index >= 15 is 0 Å². The van der Waals surface area contributed by atoms with Crippen LogP contribution >= 0.6 is 8.07 Å².